The van der Waals surface area contributed by atoms with E-state index in [4.69, 9.17) is 0 Å². The number of nitrogens with one attached hydrogen (secondary N) is 1. The van der Waals surface area contributed by atoms with Crippen LogP contribution in [0.3, 0.4) is 0 Å². The van der Waals surface area contributed by atoms with E-state index < -0.39 is 0 Å². The summed E-state index contributed by atoms with van der Waals surface area (Å²) in [5.74, 6) is 1.10. The van der Waals surface area contributed by atoms with Crippen LogP contribution in [0.25, 0.3) is 0 Å². The Morgan fingerprint density at radius 1 is 1.02 bits per heavy atom. The van der Waals surface area contributed by atoms with Gasteiger partial charge in [-0.1, -0.05) is 111 Å². The van der Waals surface area contributed by atoms with Crippen molar-refractivity contribution in [1.82, 2.24) is 4.90 Å². The molecule has 5 rings (SSSR count). The highest BCUT2D eigenvalue weighted by Crippen LogP contribution is 2.49. The van der Waals surface area contributed by atoms with Crippen molar-refractivity contribution in [3.05, 3.63) is 95.9 Å². The number of aldehydes is 1. The minimum absolute atomic E-state index is 0.105. The molecule has 0 aliphatic carbocycles. The Balaban J connectivity index is 0.000000907. The first kappa shape index (κ1) is 46.5. The third kappa shape index (κ3) is 15.2. The van der Waals surface area contributed by atoms with Gasteiger partial charge in [-0.3, -0.25) is 9.59 Å². The van der Waals surface area contributed by atoms with E-state index in [1.54, 1.807) is 31.2 Å². The van der Waals surface area contributed by atoms with Crippen molar-refractivity contribution < 1.29 is 14.0 Å². The molecule has 6 heteroatoms. The van der Waals surface area contributed by atoms with Crippen LogP contribution < -0.4 is 10.2 Å². The van der Waals surface area contributed by atoms with Crippen LogP contribution in [0.2, 0.25) is 0 Å². The number of benzene rings is 2. The number of para-hydroxylation sites is 1. The van der Waals surface area contributed by atoms with Crippen molar-refractivity contribution >= 4 is 23.4 Å². The van der Waals surface area contributed by atoms with E-state index in [1.165, 1.54) is 60.3 Å². The number of nitrogens with zero attached hydrogens (tertiary/aromatic N) is 2. The SMILES string of the molecule is C=C(C)[C@H](C)CCCC.C=C/C=C(\C)C=O.CC.CC.CC.O=C(CCCN1CCC2C(C1)c1cccc3c1N2CCN3)c1ccc(F)cc1. The maximum atomic E-state index is 13.0. The number of anilines is 2. The monoisotopic (exact) mass is 692 g/mol. The van der Waals surface area contributed by atoms with Gasteiger partial charge in [-0.2, -0.15) is 0 Å². The molecule has 3 heterocycles. The molecule has 50 heavy (non-hydrogen) atoms. The topological polar surface area (TPSA) is 52.7 Å². The molecule has 0 amide bonds. The van der Waals surface area contributed by atoms with Gasteiger partial charge >= 0.3 is 0 Å². The van der Waals surface area contributed by atoms with Gasteiger partial charge in [-0.15, -0.1) is 0 Å². The maximum Gasteiger partial charge on any atom is 0.162 e. The summed E-state index contributed by atoms with van der Waals surface area (Å²) >= 11 is 0. The number of unbranched alkanes of at least 4 members (excludes halogenated alkanes) is 1. The Morgan fingerprint density at radius 3 is 2.24 bits per heavy atom. The smallest absolute Gasteiger partial charge is 0.162 e. The molecule has 2 aromatic carbocycles. The van der Waals surface area contributed by atoms with Gasteiger partial charge in [0.25, 0.3) is 0 Å². The summed E-state index contributed by atoms with van der Waals surface area (Å²) in [6.45, 7) is 32.9. The molecule has 0 aromatic heterocycles. The molecule has 3 aliphatic heterocycles. The Kier molecular flexibility index (Phi) is 25.3. The second-order valence-electron chi connectivity index (χ2n) is 12.3. The third-order valence-corrected chi connectivity index (χ3v) is 8.93. The Hall–Kier alpha value is -3.51. The predicted octanol–water partition coefficient (Wildman–Crippen LogP) is 11.7. The molecule has 3 aliphatic rings. The molecule has 0 spiro atoms. The molecule has 1 fully saturated rings. The van der Waals surface area contributed by atoms with Gasteiger partial charge in [0.1, 0.15) is 12.1 Å². The number of rotatable bonds is 11. The molecule has 3 atom stereocenters. The van der Waals surface area contributed by atoms with Gasteiger partial charge < -0.3 is 15.1 Å². The van der Waals surface area contributed by atoms with E-state index in [9.17, 15) is 14.0 Å². The van der Waals surface area contributed by atoms with Crippen molar-refractivity contribution in [2.75, 3.05) is 42.9 Å². The number of carbonyl (C=O) groups excluding carboxylic acids is 2. The molecular weight excluding hydrogens is 622 g/mol. The van der Waals surface area contributed by atoms with Gasteiger partial charge in [0, 0.05) is 50.1 Å². The number of allylic oxidation sites excluding steroid dienone is 4. The summed E-state index contributed by atoms with van der Waals surface area (Å²) in [7, 11) is 0. The maximum absolute atomic E-state index is 13.0. The molecule has 1 saturated heterocycles. The number of Topliss-reactive ketones (excluding diaryl/α,β-unsaturated/α-hetero) is 1. The molecule has 2 aromatic rings. The van der Waals surface area contributed by atoms with Gasteiger partial charge in [0.05, 0.1) is 11.4 Å². The first-order valence-electron chi connectivity index (χ1n) is 19.2. The van der Waals surface area contributed by atoms with E-state index in [-0.39, 0.29) is 11.6 Å². The summed E-state index contributed by atoms with van der Waals surface area (Å²) in [6, 6.07) is 13.2. The van der Waals surface area contributed by atoms with Crippen LogP contribution in [0.1, 0.15) is 130 Å². The number of carbonyl (C=O) groups is 2. The number of hydrogen-bond acceptors (Lipinski definition) is 5. The molecule has 280 valence electrons. The van der Waals surface area contributed by atoms with Gasteiger partial charge in [0.2, 0.25) is 0 Å². The second-order valence-corrected chi connectivity index (χ2v) is 12.3. The zero-order chi connectivity index (χ0) is 38.1. The summed E-state index contributed by atoms with van der Waals surface area (Å²) in [5, 5.41) is 3.54. The third-order valence-electron chi connectivity index (χ3n) is 8.93. The van der Waals surface area contributed by atoms with Crippen LogP contribution >= 0.6 is 0 Å². The number of halogens is 1. The quantitative estimate of drug-likeness (QED) is 0.0836. The van der Waals surface area contributed by atoms with E-state index in [0.29, 0.717) is 29.5 Å². The summed E-state index contributed by atoms with van der Waals surface area (Å²) in [4.78, 5) is 27.2. The number of likely N-dealkylation sites (tertiary alicyclic amines) is 1. The fraction of sp³-hybridized carbons (Fsp3) is 0.545. The van der Waals surface area contributed by atoms with Crippen LogP contribution in [-0.4, -0.2) is 55.7 Å². The fourth-order valence-electron chi connectivity index (χ4n) is 6.19. The molecule has 0 bridgehead atoms. The van der Waals surface area contributed by atoms with Crippen molar-refractivity contribution in [2.45, 2.75) is 120 Å². The lowest BCUT2D eigenvalue weighted by atomic mass is 9.89. The average molecular weight is 692 g/mol. The van der Waals surface area contributed by atoms with Crippen LogP contribution in [0.15, 0.2) is 78.9 Å². The lowest BCUT2D eigenvalue weighted by molar-refractivity contribution is -0.104. The van der Waals surface area contributed by atoms with Gasteiger partial charge in [0.15, 0.2) is 5.78 Å². The number of fused-ring (bicyclic) bond motifs is 3. The first-order chi connectivity index (χ1) is 24.2. The Morgan fingerprint density at radius 2 is 1.68 bits per heavy atom. The van der Waals surface area contributed by atoms with Crippen LogP contribution in [0.4, 0.5) is 15.8 Å². The van der Waals surface area contributed by atoms with Gasteiger partial charge in [-0.25, -0.2) is 4.39 Å². The minimum Gasteiger partial charge on any atom is -0.382 e. The lowest BCUT2D eigenvalue weighted by Gasteiger charge is -2.40. The number of piperidine rings is 1. The lowest BCUT2D eigenvalue weighted by Crippen LogP contribution is -2.48. The molecule has 0 saturated carbocycles. The standard InChI is InChI=1S/C23H26FN3O.C9H18.C6H8O.3C2H6/c24-17-8-6-16(7-9-17)22(28)5-2-12-26-13-10-21-19(15-26)18-3-1-4-20-23(18)27(21)14-11-25-20;1-5-6-7-9(4)8(2)3;1-3-4-6(2)5-7;3*1-2/h1,3-4,6-9,19,21,25H,2,5,10-15H2;9H,2,5-7H2,1,3-4H3;3-5H,1H2,2H3;3*1-2H3/b;;6-4+;;;/t;9-;;;;/m.1..../s1. The summed E-state index contributed by atoms with van der Waals surface area (Å²) in [5.41, 5.74) is 6.84. The summed E-state index contributed by atoms with van der Waals surface area (Å²) < 4.78 is 13.0. The van der Waals surface area contributed by atoms with Crippen molar-refractivity contribution in [3.63, 3.8) is 0 Å². The van der Waals surface area contributed by atoms with E-state index in [2.05, 4.69) is 67.2 Å². The average Bonchev–Trinajstić information content (AvgIpc) is 3.48. The van der Waals surface area contributed by atoms with Crippen molar-refractivity contribution in [2.24, 2.45) is 5.92 Å². The highest BCUT2D eigenvalue weighted by atomic mass is 19.1. The molecule has 2 unspecified atom stereocenters. The number of hydrogen-bond donors (Lipinski definition) is 1. The largest absolute Gasteiger partial charge is 0.382 e. The van der Waals surface area contributed by atoms with Crippen LogP contribution in [0, 0.1) is 11.7 Å². The van der Waals surface area contributed by atoms with Crippen molar-refractivity contribution in [3.8, 4) is 0 Å². The first-order valence-corrected chi connectivity index (χ1v) is 19.2. The molecule has 0 radical (unpaired) electrons. The van der Waals surface area contributed by atoms with Crippen LogP contribution in [-0.2, 0) is 4.79 Å². The fourth-order valence-corrected chi connectivity index (χ4v) is 6.19. The summed E-state index contributed by atoms with van der Waals surface area (Å²) in [6.07, 6.45) is 10.6. The second kappa shape index (κ2) is 27.2. The van der Waals surface area contributed by atoms with Gasteiger partial charge in [-0.05, 0) is 87.0 Å². The predicted molar refractivity (Wildman–Crippen MR) is 217 cm³/mol. The highest BCUT2D eigenvalue weighted by Gasteiger charge is 2.43. The number of ketones is 1. The minimum atomic E-state index is -0.298. The Bertz CT molecular complexity index is 1290. The van der Waals surface area contributed by atoms with Crippen LogP contribution in [0.5, 0.6) is 0 Å². The van der Waals surface area contributed by atoms with E-state index in [0.717, 1.165) is 51.3 Å². The van der Waals surface area contributed by atoms with E-state index >= 15 is 0 Å². The molecular formula is C44H70FN3O2. The normalized spacial score (nSPS) is 17.2. The highest BCUT2D eigenvalue weighted by molar-refractivity contribution is 5.96. The molecule has 1 N–H and O–H groups in total. The molecule has 5 nitrogen and oxygen atoms in total. The zero-order valence-corrected chi connectivity index (χ0v) is 33.3. The van der Waals surface area contributed by atoms with E-state index in [1.807, 2.05) is 41.5 Å². The van der Waals surface area contributed by atoms with Crippen molar-refractivity contribution in [1.29, 1.82) is 0 Å². The zero-order valence-electron chi connectivity index (χ0n) is 33.3. The Labute approximate surface area is 306 Å².